The molecular weight excluding hydrogens is 204 g/mol. The maximum absolute atomic E-state index is 11.5. The molecule has 0 radical (unpaired) electrons. The van der Waals surface area contributed by atoms with Gasteiger partial charge in [-0.3, -0.25) is 0 Å². The molecule has 1 unspecified atom stereocenters. The SMILES string of the molecule is CCCCCNC(=O)NC(CCO)C(C)C. The molecule has 0 saturated carbocycles. The predicted octanol–water partition coefficient (Wildman–Crippen LogP) is 1.88. The molecule has 4 heteroatoms. The number of aliphatic hydroxyl groups is 1. The number of hydrogen-bond acceptors (Lipinski definition) is 2. The van der Waals surface area contributed by atoms with Gasteiger partial charge in [-0.25, -0.2) is 4.79 Å². The van der Waals surface area contributed by atoms with Crippen molar-refractivity contribution in [3.05, 3.63) is 0 Å². The maximum Gasteiger partial charge on any atom is 0.315 e. The first-order chi connectivity index (χ1) is 7.61. The number of amides is 2. The van der Waals surface area contributed by atoms with Gasteiger partial charge in [-0.1, -0.05) is 33.6 Å². The lowest BCUT2D eigenvalue weighted by Crippen LogP contribution is -2.45. The molecule has 0 saturated heterocycles. The minimum atomic E-state index is -0.122. The van der Waals surface area contributed by atoms with Gasteiger partial charge in [0.15, 0.2) is 0 Å². The third kappa shape index (κ3) is 7.51. The van der Waals surface area contributed by atoms with Crippen molar-refractivity contribution in [3.63, 3.8) is 0 Å². The lowest BCUT2D eigenvalue weighted by atomic mass is 10.0. The highest BCUT2D eigenvalue weighted by molar-refractivity contribution is 5.74. The largest absolute Gasteiger partial charge is 0.396 e. The average molecular weight is 230 g/mol. The van der Waals surface area contributed by atoms with Crippen LogP contribution in [0.15, 0.2) is 0 Å². The summed E-state index contributed by atoms with van der Waals surface area (Å²) in [5, 5.41) is 14.6. The first kappa shape index (κ1) is 15.2. The Morgan fingerprint density at radius 3 is 2.50 bits per heavy atom. The van der Waals surface area contributed by atoms with Crippen molar-refractivity contribution in [1.29, 1.82) is 0 Å². The van der Waals surface area contributed by atoms with Gasteiger partial charge in [-0.05, 0) is 18.8 Å². The van der Waals surface area contributed by atoms with Crippen LogP contribution in [-0.2, 0) is 0 Å². The molecule has 0 heterocycles. The van der Waals surface area contributed by atoms with Gasteiger partial charge in [0.05, 0.1) is 0 Å². The molecule has 0 aliphatic carbocycles. The van der Waals surface area contributed by atoms with E-state index in [1.807, 2.05) is 13.8 Å². The molecule has 0 aliphatic rings. The van der Waals surface area contributed by atoms with Crippen LogP contribution in [0.4, 0.5) is 4.79 Å². The molecular formula is C12H26N2O2. The van der Waals surface area contributed by atoms with Crippen LogP contribution in [0, 0.1) is 5.92 Å². The molecule has 0 fully saturated rings. The van der Waals surface area contributed by atoms with Gasteiger partial charge in [-0.2, -0.15) is 0 Å². The zero-order chi connectivity index (χ0) is 12.4. The monoisotopic (exact) mass is 230 g/mol. The standard InChI is InChI=1S/C12H26N2O2/c1-4-5-6-8-13-12(16)14-11(7-9-15)10(2)3/h10-11,15H,4-9H2,1-3H3,(H2,13,14,16). The van der Waals surface area contributed by atoms with E-state index in [0.717, 1.165) is 25.8 Å². The summed E-state index contributed by atoms with van der Waals surface area (Å²) in [5.41, 5.74) is 0. The third-order valence-electron chi connectivity index (χ3n) is 2.63. The average Bonchev–Trinajstić information content (AvgIpc) is 2.23. The Balaban J connectivity index is 3.73. The normalized spacial score (nSPS) is 12.6. The number of nitrogens with one attached hydrogen (secondary N) is 2. The second-order valence-corrected chi connectivity index (χ2v) is 4.47. The Labute approximate surface area is 98.8 Å². The van der Waals surface area contributed by atoms with Crippen LogP contribution in [0.3, 0.4) is 0 Å². The van der Waals surface area contributed by atoms with E-state index in [-0.39, 0.29) is 18.7 Å². The fourth-order valence-electron chi connectivity index (χ4n) is 1.51. The van der Waals surface area contributed by atoms with E-state index in [0.29, 0.717) is 12.3 Å². The fraction of sp³-hybridized carbons (Fsp3) is 0.917. The molecule has 4 nitrogen and oxygen atoms in total. The number of urea groups is 1. The van der Waals surface area contributed by atoms with E-state index >= 15 is 0 Å². The van der Waals surface area contributed by atoms with E-state index in [9.17, 15) is 4.79 Å². The Hall–Kier alpha value is -0.770. The molecule has 0 bridgehead atoms. The fourth-order valence-corrected chi connectivity index (χ4v) is 1.51. The van der Waals surface area contributed by atoms with Gasteiger partial charge in [0.1, 0.15) is 0 Å². The molecule has 0 aliphatic heterocycles. The van der Waals surface area contributed by atoms with Crippen molar-refractivity contribution < 1.29 is 9.90 Å². The summed E-state index contributed by atoms with van der Waals surface area (Å²) < 4.78 is 0. The highest BCUT2D eigenvalue weighted by Crippen LogP contribution is 2.05. The summed E-state index contributed by atoms with van der Waals surface area (Å²) in [6, 6.07) is -0.0700. The Kier molecular flexibility index (Phi) is 9.00. The van der Waals surface area contributed by atoms with Gasteiger partial charge >= 0.3 is 6.03 Å². The van der Waals surface area contributed by atoms with Crippen molar-refractivity contribution in [2.24, 2.45) is 5.92 Å². The third-order valence-corrected chi connectivity index (χ3v) is 2.63. The van der Waals surface area contributed by atoms with Gasteiger partial charge in [0, 0.05) is 19.2 Å². The highest BCUT2D eigenvalue weighted by atomic mass is 16.3. The zero-order valence-electron chi connectivity index (χ0n) is 10.8. The topological polar surface area (TPSA) is 61.4 Å². The van der Waals surface area contributed by atoms with Crippen LogP contribution in [0.1, 0.15) is 46.5 Å². The highest BCUT2D eigenvalue weighted by Gasteiger charge is 2.14. The van der Waals surface area contributed by atoms with Crippen LogP contribution in [0.5, 0.6) is 0 Å². The molecule has 2 amide bonds. The number of carbonyl (C=O) groups is 1. The zero-order valence-corrected chi connectivity index (χ0v) is 10.8. The van der Waals surface area contributed by atoms with Crippen molar-refractivity contribution in [2.75, 3.05) is 13.2 Å². The maximum atomic E-state index is 11.5. The summed E-state index contributed by atoms with van der Waals surface area (Å²) in [6.07, 6.45) is 3.93. The van der Waals surface area contributed by atoms with Gasteiger partial charge < -0.3 is 15.7 Å². The predicted molar refractivity (Wildman–Crippen MR) is 66.4 cm³/mol. The second-order valence-electron chi connectivity index (χ2n) is 4.47. The Bertz CT molecular complexity index is 184. The quantitative estimate of drug-likeness (QED) is 0.558. The van der Waals surface area contributed by atoms with E-state index in [4.69, 9.17) is 5.11 Å². The number of unbranched alkanes of at least 4 members (excludes halogenated alkanes) is 2. The molecule has 0 rings (SSSR count). The summed E-state index contributed by atoms with van der Waals surface area (Å²) in [5.74, 6) is 0.341. The first-order valence-electron chi connectivity index (χ1n) is 6.27. The van der Waals surface area contributed by atoms with Crippen LogP contribution in [0.2, 0.25) is 0 Å². The van der Waals surface area contributed by atoms with Crippen molar-refractivity contribution in [3.8, 4) is 0 Å². The molecule has 0 aromatic heterocycles. The lowest BCUT2D eigenvalue weighted by molar-refractivity contribution is 0.219. The van der Waals surface area contributed by atoms with E-state index in [2.05, 4.69) is 17.6 Å². The molecule has 0 aromatic carbocycles. The first-order valence-corrected chi connectivity index (χ1v) is 6.27. The van der Waals surface area contributed by atoms with Crippen LogP contribution in [0.25, 0.3) is 0 Å². The van der Waals surface area contributed by atoms with Gasteiger partial charge in [0.25, 0.3) is 0 Å². The smallest absolute Gasteiger partial charge is 0.315 e. The number of carbonyl (C=O) groups excluding carboxylic acids is 1. The van der Waals surface area contributed by atoms with Crippen LogP contribution >= 0.6 is 0 Å². The lowest BCUT2D eigenvalue weighted by Gasteiger charge is -2.21. The second kappa shape index (κ2) is 9.46. The molecule has 96 valence electrons. The van der Waals surface area contributed by atoms with Gasteiger partial charge in [-0.15, -0.1) is 0 Å². The van der Waals surface area contributed by atoms with Gasteiger partial charge in [0.2, 0.25) is 0 Å². The summed E-state index contributed by atoms with van der Waals surface area (Å²) in [4.78, 5) is 11.5. The number of hydrogen-bond donors (Lipinski definition) is 3. The van der Waals surface area contributed by atoms with E-state index < -0.39 is 0 Å². The Morgan fingerprint density at radius 2 is 2.00 bits per heavy atom. The molecule has 0 spiro atoms. The molecule has 3 N–H and O–H groups in total. The molecule has 1 atom stereocenters. The number of rotatable bonds is 8. The number of aliphatic hydroxyl groups excluding tert-OH is 1. The summed E-state index contributed by atoms with van der Waals surface area (Å²) in [7, 11) is 0. The van der Waals surface area contributed by atoms with Crippen LogP contribution in [-0.4, -0.2) is 30.3 Å². The van der Waals surface area contributed by atoms with Crippen LogP contribution < -0.4 is 10.6 Å². The van der Waals surface area contributed by atoms with E-state index in [1.54, 1.807) is 0 Å². The summed E-state index contributed by atoms with van der Waals surface area (Å²) in [6.45, 7) is 7.05. The minimum absolute atomic E-state index is 0.0520. The summed E-state index contributed by atoms with van der Waals surface area (Å²) >= 11 is 0. The Morgan fingerprint density at radius 1 is 1.31 bits per heavy atom. The minimum Gasteiger partial charge on any atom is -0.396 e. The van der Waals surface area contributed by atoms with Crippen molar-refractivity contribution in [2.45, 2.75) is 52.5 Å². The van der Waals surface area contributed by atoms with Crippen molar-refractivity contribution in [1.82, 2.24) is 10.6 Å². The van der Waals surface area contributed by atoms with E-state index in [1.165, 1.54) is 0 Å². The molecule has 16 heavy (non-hydrogen) atoms. The molecule has 0 aromatic rings. The van der Waals surface area contributed by atoms with Crippen molar-refractivity contribution >= 4 is 6.03 Å².